The van der Waals surface area contributed by atoms with Gasteiger partial charge in [0, 0.05) is 5.92 Å². The smallest absolute Gasteiger partial charge is 0.137 e. The summed E-state index contributed by atoms with van der Waals surface area (Å²) in [4.78, 5) is 0. The fourth-order valence-corrected chi connectivity index (χ4v) is 2.39. The van der Waals surface area contributed by atoms with Crippen molar-refractivity contribution in [3.8, 4) is 11.8 Å². The Morgan fingerprint density at radius 3 is 2.75 bits per heavy atom. The van der Waals surface area contributed by atoms with Crippen LogP contribution in [0.3, 0.4) is 0 Å². The molecule has 2 rings (SSSR count). The van der Waals surface area contributed by atoms with Crippen LogP contribution in [-0.2, 0) is 0 Å². The molecule has 0 heterocycles. The minimum atomic E-state index is -0.206. The zero-order valence-corrected chi connectivity index (χ0v) is 10.4. The van der Waals surface area contributed by atoms with E-state index in [4.69, 9.17) is 21.6 Å². The lowest BCUT2D eigenvalue weighted by atomic mass is 9.98. The Balaban J connectivity index is 2.38. The standard InChI is InChI=1S/C13H14ClNO/c1-8-4-12(16-3)11(14)5-9(8)10-6-13(10,2)7-15/h4-5,10H,6H2,1-3H3. The van der Waals surface area contributed by atoms with Crippen molar-refractivity contribution in [3.05, 3.63) is 28.3 Å². The first-order chi connectivity index (χ1) is 7.51. The Labute approximate surface area is 101 Å². The van der Waals surface area contributed by atoms with Crippen molar-refractivity contribution in [2.75, 3.05) is 7.11 Å². The van der Waals surface area contributed by atoms with E-state index in [9.17, 15) is 0 Å². The second-order valence-corrected chi connectivity index (χ2v) is 5.04. The summed E-state index contributed by atoms with van der Waals surface area (Å²) in [6, 6.07) is 6.24. The molecule has 84 valence electrons. The molecule has 3 heteroatoms. The number of benzene rings is 1. The van der Waals surface area contributed by atoms with E-state index in [2.05, 4.69) is 6.07 Å². The maximum Gasteiger partial charge on any atom is 0.137 e. The molecule has 2 nitrogen and oxygen atoms in total. The molecule has 1 aromatic rings. The summed E-state index contributed by atoms with van der Waals surface area (Å²) >= 11 is 6.10. The van der Waals surface area contributed by atoms with Gasteiger partial charge in [-0.05, 0) is 43.5 Å². The molecule has 0 bridgehead atoms. The number of ether oxygens (including phenoxy) is 1. The molecule has 1 aliphatic carbocycles. The van der Waals surface area contributed by atoms with Crippen LogP contribution in [0.15, 0.2) is 12.1 Å². The molecule has 2 unspecified atom stereocenters. The van der Waals surface area contributed by atoms with Crippen LogP contribution in [0.2, 0.25) is 5.02 Å². The van der Waals surface area contributed by atoms with Gasteiger partial charge in [0.15, 0.2) is 0 Å². The Hall–Kier alpha value is -1.20. The second kappa shape index (κ2) is 3.68. The van der Waals surface area contributed by atoms with Gasteiger partial charge < -0.3 is 4.74 Å². The van der Waals surface area contributed by atoms with Gasteiger partial charge in [0.25, 0.3) is 0 Å². The highest BCUT2D eigenvalue weighted by Crippen LogP contribution is 2.59. The van der Waals surface area contributed by atoms with E-state index >= 15 is 0 Å². The van der Waals surface area contributed by atoms with Crippen molar-refractivity contribution < 1.29 is 4.74 Å². The van der Waals surface area contributed by atoms with Crippen LogP contribution >= 0.6 is 11.6 Å². The zero-order valence-electron chi connectivity index (χ0n) is 9.67. The Morgan fingerprint density at radius 1 is 1.56 bits per heavy atom. The van der Waals surface area contributed by atoms with Crippen LogP contribution in [0.4, 0.5) is 0 Å². The normalized spacial score (nSPS) is 27.3. The van der Waals surface area contributed by atoms with Gasteiger partial charge in [-0.25, -0.2) is 0 Å². The molecule has 1 aliphatic rings. The van der Waals surface area contributed by atoms with E-state index in [-0.39, 0.29) is 5.41 Å². The molecule has 1 saturated carbocycles. The van der Waals surface area contributed by atoms with Crippen LogP contribution in [-0.4, -0.2) is 7.11 Å². The van der Waals surface area contributed by atoms with E-state index in [1.807, 2.05) is 26.0 Å². The minimum Gasteiger partial charge on any atom is -0.495 e. The van der Waals surface area contributed by atoms with E-state index in [0.717, 1.165) is 12.0 Å². The van der Waals surface area contributed by atoms with Crippen molar-refractivity contribution in [1.29, 1.82) is 5.26 Å². The molecule has 0 aromatic heterocycles. The molecule has 1 fully saturated rings. The van der Waals surface area contributed by atoms with Gasteiger partial charge in [0.1, 0.15) is 5.75 Å². The first-order valence-corrected chi connectivity index (χ1v) is 5.65. The third-order valence-corrected chi connectivity index (χ3v) is 3.70. The molecule has 1 aromatic carbocycles. The largest absolute Gasteiger partial charge is 0.495 e. The van der Waals surface area contributed by atoms with E-state index < -0.39 is 0 Å². The topological polar surface area (TPSA) is 33.0 Å². The number of nitrogens with zero attached hydrogens (tertiary/aromatic N) is 1. The number of nitriles is 1. The maximum atomic E-state index is 9.05. The van der Waals surface area contributed by atoms with Crippen LogP contribution in [0.5, 0.6) is 5.75 Å². The summed E-state index contributed by atoms with van der Waals surface area (Å²) in [6.45, 7) is 4.03. The van der Waals surface area contributed by atoms with Gasteiger partial charge in [0.2, 0.25) is 0 Å². The molecular weight excluding hydrogens is 222 g/mol. The third kappa shape index (κ3) is 1.66. The minimum absolute atomic E-state index is 0.206. The summed E-state index contributed by atoms with van der Waals surface area (Å²) in [5, 5.41) is 9.67. The number of halogens is 1. The van der Waals surface area contributed by atoms with Gasteiger partial charge in [0.05, 0.1) is 23.6 Å². The fourth-order valence-electron chi connectivity index (χ4n) is 2.14. The first kappa shape index (κ1) is 11.3. The second-order valence-electron chi connectivity index (χ2n) is 4.63. The lowest BCUT2D eigenvalue weighted by molar-refractivity contribution is 0.414. The fraction of sp³-hybridized carbons (Fsp3) is 0.462. The summed E-state index contributed by atoms with van der Waals surface area (Å²) in [7, 11) is 1.61. The summed E-state index contributed by atoms with van der Waals surface area (Å²) in [6.07, 6.45) is 0.924. The van der Waals surface area contributed by atoms with E-state index in [1.54, 1.807) is 7.11 Å². The first-order valence-electron chi connectivity index (χ1n) is 5.27. The predicted octanol–water partition coefficient (Wildman–Crippen LogP) is 3.67. The van der Waals surface area contributed by atoms with E-state index in [0.29, 0.717) is 16.7 Å². The molecule has 16 heavy (non-hydrogen) atoms. The van der Waals surface area contributed by atoms with Crippen molar-refractivity contribution in [1.82, 2.24) is 0 Å². The summed E-state index contributed by atoms with van der Waals surface area (Å²) in [5.41, 5.74) is 2.11. The van der Waals surface area contributed by atoms with Gasteiger partial charge in [-0.15, -0.1) is 0 Å². The van der Waals surface area contributed by atoms with Crippen LogP contribution in [0.25, 0.3) is 0 Å². The van der Waals surface area contributed by atoms with Gasteiger partial charge in [-0.3, -0.25) is 0 Å². The average molecular weight is 236 g/mol. The Morgan fingerprint density at radius 2 is 2.25 bits per heavy atom. The summed E-state index contributed by atoms with van der Waals surface area (Å²) in [5.74, 6) is 1.02. The van der Waals surface area contributed by atoms with Gasteiger partial charge in [-0.2, -0.15) is 5.26 Å². The lowest BCUT2D eigenvalue weighted by Gasteiger charge is -2.10. The van der Waals surface area contributed by atoms with Gasteiger partial charge >= 0.3 is 0 Å². The van der Waals surface area contributed by atoms with Gasteiger partial charge in [-0.1, -0.05) is 11.6 Å². The molecular formula is C13H14ClNO. The molecule has 0 N–H and O–H groups in total. The molecule has 0 amide bonds. The van der Waals surface area contributed by atoms with Crippen LogP contribution in [0.1, 0.15) is 30.4 Å². The highest BCUT2D eigenvalue weighted by molar-refractivity contribution is 6.32. The number of methoxy groups -OCH3 is 1. The van der Waals surface area contributed by atoms with Crippen molar-refractivity contribution in [2.24, 2.45) is 5.41 Å². The number of hydrogen-bond acceptors (Lipinski definition) is 2. The van der Waals surface area contributed by atoms with Crippen molar-refractivity contribution in [3.63, 3.8) is 0 Å². The maximum absolute atomic E-state index is 9.05. The number of rotatable bonds is 2. The summed E-state index contributed by atoms with van der Waals surface area (Å²) < 4.78 is 5.16. The Kier molecular flexibility index (Phi) is 2.59. The quantitative estimate of drug-likeness (QED) is 0.784. The number of aryl methyl sites for hydroxylation is 1. The highest BCUT2D eigenvalue weighted by atomic mass is 35.5. The molecule has 0 spiro atoms. The Bertz CT molecular complexity index is 478. The van der Waals surface area contributed by atoms with Crippen molar-refractivity contribution >= 4 is 11.6 Å². The lowest BCUT2D eigenvalue weighted by Crippen LogP contribution is -1.96. The van der Waals surface area contributed by atoms with Crippen LogP contribution < -0.4 is 4.74 Å². The average Bonchev–Trinajstić information content (AvgIpc) is 2.94. The molecule has 0 radical (unpaired) electrons. The van der Waals surface area contributed by atoms with Crippen molar-refractivity contribution in [2.45, 2.75) is 26.2 Å². The molecule has 0 saturated heterocycles. The SMILES string of the molecule is COc1cc(C)c(C2CC2(C)C#N)cc1Cl. The van der Waals surface area contributed by atoms with E-state index in [1.165, 1.54) is 5.56 Å². The third-order valence-electron chi connectivity index (χ3n) is 3.41. The predicted molar refractivity (Wildman–Crippen MR) is 63.8 cm³/mol. The monoisotopic (exact) mass is 235 g/mol. The van der Waals surface area contributed by atoms with Crippen LogP contribution in [0, 0.1) is 23.7 Å². The highest BCUT2D eigenvalue weighted by Gasteiger charge is 2.52. The molecule has 2 atom stereocenters. The zero-order chi connectivity index (χ0) is 11.9. The number of hydrogen-bond donors (Lipinski definition) is 0. The molecule has 0 aliphatic heterocycles.